The van der Waals surface area contributed by atoms with E-state index in [1.165, 1.54) is 18.4 Å². The van der Waals surface area contributed by atoms with Crippen LogP contribution in [0, 0.1) is 11.8 Å². The number of carbonyl (C=O) groups excluding carboxylic acids is 1. The number of nitrogens with two attached hydrogens (primary N) is 1. The highest BCUT2D eigenvalue weighted by Gasteiger charge is 2.40. The Hall–Kier alpha value is -1.35. The third kappa shape index (κ3) is 4.31. The molecule has 21 heavy (non-hydrogen) atoms. The van der Waals surface area contributed by atoms with Gasteiger partial charge in [0.25, 0.3) is 0 Å². The molecule has 1 aromatic carbocycles. The SMILES string of the molecule is CC(C)CC1CCCC(NCc2ccccc2)(C(N)=O)C1. The van der Waals surface area contributed by atoms with Crippen molar-refractivity contribution in [2.24, 2.45) is 17.6 Å². The van der Waals surface area contributed by atoms with Crippen LogP contribution < -0.4 is 11.1 Å². The summed E-state index contributed by atoms with van der Waals surface area (Å²) >= 11 is 0. The zero-order chi connectivity index (χ0) is 15.3. The maximum Gasteiger partial charge on any atom is 0.237 e. The molecule has 0 aliphatic heterocycles. The molecule has 0 saturated heterocycles. The summed E-state index contributed by atoms with van der Waals surface area (Å²) in [5.41, 5.74) is 6.44. The van der Waals surface area contributed by atoms with E-state index in [9.17, 15) is 4.79 Å². The molecule has 1 fully saturated rings. The highest BCUT2D eigenvalue weighted by Crippen LogP contribution is 2.36. The zero-order valence-corrected chi connectivity index (χ0v) is 13.3. The second kappa shape index (κ2) is 7.08. The van der Waals surface area contributed by atoms with Gasteiger partial charge in [-0.05, 0) is 36.7 Å². The molecule has 0 radical (unpaired) electrons. The van der Waals surface area contributed by atoms with Gasteiger partial charge >= 0.3 is 0 Å². The molecule has 1 saturated carbocycles. The minimum atomic E-state index is -0.520. The summed E-state index contributed by atoms with van der Waals surface area (Å²) in [5, 5.41) is 3.48. The van der Waals surface area contributed by atoms with Crippen LogP contribution in [0.25, 0.3) is 0 Å². The Balaban J connectivity index is 2.04. The van der Waals surface area contributed by atoms with Gasteiger partial charge in [0.2, 0.25) is 5.91 Å². The molecule has 0 bridgehead atoms. The highest BCUT2D eigenvalue weighted by molar-refractivity contribution is 5.84. The lowest BCUT2D eigenvalue weighted by molar-refractivity contribution is -0.126. The molecule has 116 valence electrons. The van der Waals surface area contributed by atoms with Crippen LogP contribution in [0.2, 0.25) is 0 Å². The summed E-state index contributed by atoms with van der Waals surface area (Å²) in [6.07, 6.45) is 5.24. The predicted octanol–water partition coefficient (Wildman–Crippen LogP) is 3.24. The van der Waals surface area contributed by atoms with Crippen LogP contribution in [0.4, 0.5) is 0 Å². The van der Waals surface area contributed by atoms with Crippen LogP contribution >= 0.6 is 0 Å². The van der Waals surface area contributed by atoms with Crippen LogP contribution in [0.3, 0.4) is 0 Å². The summed E-state index contributed by atoms with van der Waals surface area (Å²) in [4.78, 5) is 12.1. The number of nitrogens with one attached hydrogen (secondary N) is 1. The fourth-order valence-electron chi connectivity index (χ4n) is 3.60. The van der Waals surface area contributed by atoms with Gasteiger partial charge in [-0.3, -0.25) is 10.1 Å². The molecule has 0 heterocycles. The summed E-state index contributed by atoms with van der Waals surface area (Å²) in [6, 6.07) is 10.2. The number of carbonyl (C=O) groups is 1. The maximum atomic E-state index is 12.1. The minimum Gasteiger partial charge on any atom is -0.368 e. The van der Waals surface area contributed by atoms with E-state index in [1.54, 1.807) is 0 Å². The molecule has 2 unspecified atom stereocenters. The van der Waals surface area contributed by atoms with E-state index < -0.39 is 5.54 Å². The first-order valence-corrected chi connectivity index (χ1v) is 8.11. The first kappa shape index (κ1) is 16.0. The third-order valence-electron chi connectivity index (χ3n) is 4.60. The fourth-order valence-corrected chi connectivity index (χ4v) is 3.60. The van der Waals surface area contributed by atoms with Crippen molar-refractivity contribution >= 4 is 5.91 Å². The molecule has 0 spiro atoms. The minimum absolute atomic E-state index is 0.188. The van der Waals surface area contributed by atoms with Gasteiger partial charge in [-0.1, -0.05) is 57.0 Å². The van der Waals surface area contributed by atoms with Gasteiger partial charge in [0, 0.05) is 6.54 Å². The molecular formula is C18H28N2O. The lowest BCUT2D eigenvalue weighted by Crippen LogP contribution is -2.57. The Morgan fingerprint density at radius 3 is 2.71 bits per heavy atom. The maximum absolute atomic E-state index is 12.1. The number of rotatable bonds is 6. The molecule has 3 nitrogen and oxygen atoms in total. The number of primary amides is 1. The first-order valence-electron chi connectivity index (χ1n) is 8.11. The van der Waals surface area contributed by atoms with Gasteiger partial charge < -0.3 is 5.73 Å². The van der Waals surface area contributed by atoms with E-state index >= 15 is 0 Å². The second-order valence-electron chi connectivity index (χ2n) is 6.88. The van der Waals surface area contributed by atoms with Crippen molar-refractivity contribution in [1.29, 1.82) is 0 Å². The van der Waals surface area contributed by atoms with Crippen LogP contribution in [0.15, 0.2) is 30.3 Å². The normalized spacial score (nSPS) is 26.0. The molecule has 2 atom stereocenters. The largest absolute Gasteiger partial charge is 0.368 e. The second-order valence-corrected chi connectivity index (χ2v) is 6.88. The van der Waals surface area contributed by atoms with Crippen molar-refractivity contribution in [1.82, 2.24) is 5.32 Å². The Morgan fingerprint density at radius 2 is 2.10 bits per heavy atom. The van der Waals surface area contributed by atoms with E-state index in [2.05, 4.69) is 31.3 Å². The molecule has 1 aliphatic rings. The molecular weight excluding hydrogens is 260 g/mol. The van der Waals surface area contributed by atoms with Gasteiger partial charge in [-0.25, -0.2) is 0 Å². The lowest BCUT2D eigenvalue weighted by Gasteiger charge is -2.40. The van der Waals surface area contributed by atoms with E-state index in [-0.39, 0.29) is 5.91 Å². The smallest absolute Gasteiger partial charge is 0.237 e. The Kier molecular flexibility index (Phi) is 5.40. The molecule has 1 aromatic rings. The van der Waals surface area contributed by atoms with Crippen LogP contribution in [0.5, 0.6) is 0 Å². The number of hydrogen-bond donors (Lipinski definition) is 2. The van der Waals surface area contributed by atoms with Crippen molar-refractivity contribution in [2.45, 2.75) is 58.0 Å². The number of benzene rings is 1. The molecule has 2 rings (SSSR count). The average Bonchev–Trinajstić information content (AvgIpc) is 2.46. The molecule has 0 aromatic heterocycles. The summed E-state index contributed by atoms with van der Waals surface area (Å²) in [6.45, 7) is 5.20. The third-order valence-corrected chi connectivity index (χ3v) is 4.60. The van der Waals surface area contributed by atoms with Crippen molar-refractivity contribution in [3.63, 3.8) is 0 Å². The van der Waals surface area contributed by atoms with E-state index in [4.69, 9.17) is 5.73 Å². The van der Waals surface area contributed by atoms with Crippen molar-refractivity contribution in [3.8, 4) is 0 Å². The monoisotopic (exact) mass is 288 g/mol. The summed E-state index contributed by atoms with van der Waals surface area (Å²) in [5.74, 6) is 1.09. The Labute approximate surface area is 128 Å². The van der Waals surface area contributed by atoms with Crippen molar-refractivity contribution in [2.75, 3.05) is 0 Å². The zero-order valence-electron chi connectivity index (χ0n) is 13.3. The van der Waals surface area contributed by atoms with Gasteiger partial charge in [-0.2, -0.15) is 0 Å². The molecule has 1 aliphatic carbocycles. The predicted molar refractivity (Wildman–Crippen MR) is 86.6 cm³/mol. The van der Waals surface area contributed by atoms with Gasteiger partial charge in [0.05, 0.1) is 5.54 Å². The lowest BCUT2D eigenvalue weighted by atomic mass is 9.72. The first-order chi connectivity index (χ1) is 10.0. The van der Waals surface area contributed by atoms with E-state index in [0.717, 1.165) is 19.3 Å². The summed E-state index contributed by atoms with van der Waals surface area (Å²) in [7, 11) is 0. The van der Waals surface area contributed by atoms with Crippen LogP contribution in [0.1, 0.15) is 51.5 Å². The van der Waals surface area contributed by atoms with Crippen molar-refractivity contribution < 1.29 is 4.79 Å². The number of hydrogen-bond acceptors (Lipinski definition) is 2. The fraction of sp³-hybridized carbons (Fsp3) is 0.611. The number of amides is 1. The van der Waals surface area contributed by atoms with Gasteiger partial charge in [-0.15, -0.1) is 0 Å². The van der Waals surface area contributed by atoms with Crippen LogP contribution in [-0.2, 0) is 11.3 Å². The van der Waals surface area contributed by atoms with Gasteiger partial charge in [0.1, 0.15) is 0 Å². The quantitative estimate of drug-likeness (QED) is 0.844. The topological polar surface area (TPSA) is 55.1 Å². The average molecular weight is 288 g/mol. The standard InChI is InChI=1S/C18H28N2O/c1-14(2)11-16-9-6-10-18(12-16,17(19)21)20-13-15-7-4-3-5-8-15/h3-5,7-8,14,16,20H,6,9-13H2,1-2H3,(H2,19,21). The van der Waals surface area contributed by atoms with Gasteiger partial charge in [0.15, 0.2) is 0 Å². The molecule has 3 heteroatoms. The summed E-state index contributed by atoms with van der Waals surface area (Å²) < 4.78 is 0. The molecule has 3 N–H and O–H groups in total. The molecule has 1 amide bonds. The Bertz CT molecular complexity index is 458. The van der Waals surface area contributed by atoms with Crippen LogP contribution in [-0.4, -0.2) is 11.4 Å². The highest BCUT2D eigenvalue weighted by atomic mass is 16.1. The van der Waals surface area contributed by atoms with Crippen molar-refractivity contribution in [3.05, 3.63) is 35.9 Å². The Morgan fingerprint density at radius 1 is 1.38 bits per heavy atom. The van der Waals surface area contributed by atoms with E-state index in [0.29, 0.717) is 18.4 Å². The van der Waals surface area contributed by atoms with E-state index in [1.807, 2.05) is 18.2 Å².